The zero-order chi connectivity index (χ0) is 11.8. The molecule has 0 aliphatic carbocycles. The molecule has 0 bridgehead atoms. The van der Waals surface area contributed by atoms with Crippen LogP contribution in [0.15, 0.2) is 0 Å². The first kappa shape index (κ1) is 13.8. The Labute approximate surface area is 94.2 Å². The lowest BCUT2D eigenvalue weighted by Gasteiger charge is -2.10. The minimum Gasteiger partial charge on any atom is -0.392 e. The number of rotatable bonds is 5. The van der Waals surface area contributed by atoms with Crippen molar-refractivity contribution in [1.82, 2.24) is 15.5 Å². The van der Waals surface area contributed by atoms with Crippen LogP contribution in [0.5, 0.6) is 0 Å². The van der Waals surface area contributed by atoms with Crippen molar-refractivity contribution >= 4 is 29.0 Å². The summed E-state index contributed by atoms with van der Waals surface area (Å²) >= 11 is 4.55. The first-order chi connectivity index (χ1) is 6.93. The van der Waals surface area contributed by atoms with Crippen molar-refractivity contribution in [1.29, 1.82) is 0 Å². The van der Waals surface area contributed by atoms with E-state index in [-0.39, 0.29) is 11.5 Å². The fourth-order valence-electron chi connectivity index (χ4n) is 0.721. The van der Waals surface area contributed by atoms with E-state index in [1.807, 2.05) is 19.0 Å². The van der Waals surface area contributed by atoms with Crippen molar-refractivity contribution in [3.63, 3.8) is 0 Å². The number of thiocarbonyl (C=S) groups is 1. The summed E-state index contributed by atoms with van der Waals surface area (Å²) in [5.41, 5.74) is 5.16. The molecule has 2 amide bonds. The van der Waals surface area contributed by atoms with Gasteiger partial charge in [0.1, 0.15) is 0 Å². The van der Waals surface area contributed by atoms with Gasteiger partial charge in [0.2, 0.25) is 0 Å². The summed E-state index contributed by atoms with van der Waals surface area (Å²) in [6, 6.07) is 0. The standard InChI is InChI=1S/C8H16N4O2S/c1-12(2)4-3-10-7(13)8(14)11-5-6(9)15/h3-5H2,1-2H3,(H2,9,15)(H,10,13)(H,11,14). The number of likely N-dealkylation sites (N-methyl/N-ethyl adjacent to an activating group) is 1. The third-order valence-electron chi connectivity index (χ3n) is 1.47. The summed E-state index contributed by atoms with van der Waals surface area (Å²) in [6.07, 6.45) is 0. The summed E-state index contributed by atoms with van der Waals surface area (Å²) in [6.45, 7) is 1.13. The van der Waals surface area contributed by atoms with Crippen LogP contribution in [0.25, 0.3) is 0 Å². The lowest BCUT2D eigenvalue weighted by atomic mass is 10.5. The molecule has 86 valence electrons. The number of hydrogen-bond acceptors (Lipinski definition) is 4. The highest BCUT2D eigenvalue weighted by Gasteiger charge is 2.11. The molecule has 0 spiro atoms. The maximum atomic E-state index is 11.1. The van der Waals surface area contributed by atoms with Crippen LogP contribution >= 0.6 is 12.2 Å². The highest BCUT2D eigenvalue weighted by atomic mass is 32.1. The van der Waals surface area contributed by atoms with E-state index in [1.54, 1.807) is 0 Å². The Kier molecular flexibility index (Phi) is 6.56. The van der Waals surface area contributed by atoms with Crippen LogP contribution in [0.1, 0.15) is 0 Å². The van der Waals surface area contributed by atoms with E-state index >= 15 is 0 Å². The maximum Gasteiger partial charge on any atom is 0.309 e. The second-order valence-electron chi connectivity index (χ2n) is 3.21. The molecule has 0 aliphatic rings. The third kappa shape index (κ3) is 7.83. The molecule has 7 heteroatoms. The molecule has 0 rings (SSSR count). The topological polar surface area (TPSA) is 87.5 Å². The van der Waals surface area contributed by atoms with E-state index in [4.69, 9.17) is 5.73 Å². The van der Waals surface area contributed by atoms with Gasteiger partial charge < -0.3 is 21.3 Å². The third-order valence-corrected chi connectivity index (χ3v) is 1.62. The van der Waals surface area contributed by atoms with E-state index in [9.17, 15) is 9.59 Å². The molecule has 0 aromatic carbocycles. The zero-order valence-electron chi connectivity index (χ0n) is 8.87. The van der Waals surface area contributed by atoms with Crippen LogP contribution < -0.4 is 16.4 Å². The Balaban J connectivity index is 3.70. The normalized spacial score (nSPS) is 9.80. The van der Waals surface area contributed by atoms with Crippen molar-refractivity contribution in [2.75, 3.05) is 33.7 Å². The highest BCUT2D eigenvalue weighted by molar-refractivity contribution is 7.80. The average Bonchev–Trinajstić information content (AvgIpc) is 2.13. The van der Waals surface area contributed by atoms with Gasteiger partial charge in [-0.3, -0.25) is 9.59 Å². The average molecular weight is 232 g/mol. The van der Waals surface area contributed by atoms with Gasteiger partial charge in [0.25, 0.3) is 0 Å². The van der Waals surface area contributed by atoms with E-state index in [2.05, 4.69) is 22.9 Å². The highest BCUT2D eigenvalue weighted by Crippen LogP contribution is 1.73. The molecule has 0 heterocycles. The van der Waals surface area contributed by atoms with E-state index in [0.29, 0.717) is 13.1 Å². The Morgan fingerprint density at radius 3 is 2.27 bits per heavy atom. The second-order valence-corrected chi connectivity index (χ2v) is 3.73. The van der Waals surface area contributed by atoms with E-state index in [1.165, 1.54) is 0 Å². The van der Waals surface area contributed by atoms with Crippen LogP contribution in [0.4, 0.5) is 0 Å². The van der Waals surface area contributed by atoms with Crippen molar-refractivity contribution in [3.8, 4) is 0 Å². The first-order valence-corrected chi connectivity index (χ1v) is 4.83. The molecule has 0 unspecified atom stereocenters. The number of carbonyl (C=O) groups is 2. The number of nitrogens with one attached hydrogen (secondary N) is 2. The van der Waals surface area contributed by atoms with E-state index in [0.717, 1.165) is 0 Å². The lowest BCUT2D eigenvalue weighted by Crippen LogP contribution is -2.44. The smallest absolute Gasteiger partial charge is 0.309 e. The molecular weight excluding hydrogens is 216 g/mol. The lowest BCUT2D eigenvalue weighted by molar-refractivity contribution is -0.139. The molecule has 0 radical (unpaired) electrons. The maximum absolute atomic E-state index is 11.1. The van der Waals surface area contributed by atoms with Crippen molar-refractivity contribution in [3.05, 3.63) is 0 Å². The molecule has 0 aromatic heterocycles. The Bertz CT molecular complexity index is 255. The zero-order valence-corrected chi connectivity index (χ0v) is 9.69. The molecular formula is C8H16N4O2S. The number of amides is 2. The second kappa shape index (κ2) is 7.13. The van der Waals surface area contributed by atoms with Gasteiger partial charge in [-0.05, 0) is 14.1 Å². The fourth-order valence-corrected chi connectivity index (χ4v) is 0.793. The SMILES string of the molecule is CN(C)CCNC(=O)C(=O)NCC(N)=S. The largest absolute Gasteiger partial charge is 0.392 e. The molecule has 0 fully saturated rings. The summed E-state index contributed by atoms with van der Waals surface area (Å²) in [5.74, 6) is -1.39. The van der Waals surface area contributed by atoms with Gasteiger partial charge in [-0.15, -0.1) is 0 Å². The van der Waals surface area contributed by atoms with Gasteiger partial charge in [-0.2, -0.15) is 0 Å². The van der Waals surface area contributed by atoms with Crippen LogP contribution in [0.3, 0.4) is 0 Å². The van der Waals surface area contributed by atoms with E-state index < -0.39 is 11.8 Å². The molecule has 0 atom stereocenters. The van der Waals surface area contributed by atoms with Crippen LogP contribution in [0, 0.1) is 0 Å². The molecule has 0 saturated carbocycles. The van der Waals surface area contributed by atoms with Gasteiger partial charge in [-0.1, -0.05) is 12.2 Å². The van der Waals surface area contributed by atoms with Crippen LogP contribution in [-0.4, -0.2) is 55.4 Å². The molecule has 0 aromatic rings. The number of carbonyl (C=O) groups excluding carboxylic acids is 2. The predicted octanol–water partition coefficient (Wildman–Crippen LogP) is -1.93. The molecule has 15 heavy (non-hydrogen) atoms. The summed E-state index contributed by atoms with van der Waals surface area (Å²) in [5, 5.41) is 4.75. The summed E-state index contributed by atoms with van der Waals surface area (Å²) in [7, 11) is 3.75. The van der Waals surface area contributed by atoms with Gasteiger partial charge in [0.15, 0.2) is 0 Å². The van der Waals surface area contributed by atoms with Gasteiger partial charge >= 0.3 is 11.8 Å². The van der Waals surface area contributed by atoms with Crippen LogP contribution in [-0.2, 0) is 9.59 Å². The minimum atomic E-state index is -0.721. The molecule has 0 saturated heterocycles. The monoisotopic (exact) mass is 232 g/mol. The Morgan fingerprint density at radius 2 is 1.80 bits per heavy atom. The summed E-state index contributed by atoms with van der Waals surface area (Å²) in [4.78, 5) is 24.2. The predicted molar refractivity (Wildman–Crippen MR) is 61.4 cm³/mol. The molecule has 6 nitrogen and oxygen atoms in total. The van der Waals surface area contributed by atoms with Gasteiger partial charge in [0.05, 0.1) is 11.5 Å². The van der Waals surface area contributed by atoms with Crippen molar-refractivity contribution in [2.24, 2.45) is 5.73 Å². The van der Waals surface area contributed by atoms with Crippen molar-refractivity contribution in [2.45, 2.75) is 0 Å². The van der Waals surface area contributed by atoms with Crippen molar-refractivity contribution < 1.29 is 9.59 Å². The minimum absolute atomic E-state index is 0.0370. The quantitative estimate of drug-likeness (QED) is 0.379. The van der Waals surface area contributed by atoms with Gasteiger partial charge in [-0.25, -0.2) is 0 Å². The van der Waals surface area contributed by atoms with Crippen LogP contribution in [0.2, 0.25) is 0 Å². The Morgan fingerprint density at radius 1 is 1.27 bits per heavy atom. The van der Waals surface area contributed by atoms with Gasteiger partial charge in [0, 0.05) is 13.1 Å². The summed E-state index contributed by atoms with van der Waals surface area (Å²) < 4.78 is 0. The number of nitrogens with two attached hydrogens (primary N) is 1. The molecule has 0 aliphatic heterocycles. The Hall–Kier alpha value is -1.21. The number of nitrogens with zero attached hydrogens (tertiary/aromatic N) is 1. The number of hydrogen-bond donors (Lipinski definition) is 3. The first-order valence-electron chi connectivity index (χ1n) is 4.42. The molecule has 4 N–H and O–H groups in total. The fraction of sp³-hybridized carbons (Fsp3) is 0.625.